The molecule has 0 atom stereocenters. The lowest BCUT2D eigenvalue weighted by Gasteiger charge is -2.11. The second-order valence-electron chi connectivity index (χ2n) is 3.75. The second-order valence-corrected chi connectivity index (χ2v) is 3.75. The molecule has 0 saturated carbocycles. The third-order valence-corrected chi connectivity index (χ3v) is 2.25. The number of amides is 2. The summed E-state index contributed by atoms with van der Waals surface area (Å²) < 4.78 is 5.20. The molecule has 0 aromatic heterocycles. The number of hydrazine groups is 1. The third kappa shape index (κ3) is 4.30. The molecule has 1 aromatic carbocycles. The lowest BCUT2D eigenvalue weighted by Crippen LogP contribution is -2.42. The molecule has 0 aliphatic rings. The van der Waals surface area contributed by atoms with E-state index in [0.29, 0.717) is 11.3 Å². The topological polar surface area (TPSA) is 105 Å². The lowest BCUT2D eigenvalue weighted by molar-refractivity contribution is -0.129. The number of carboxylic acids is 1. The van der Waals surface area contributed by atoms with Gasteiger partial charge in [0.05, 0.1) is 5.56 Å². The van der Waals surface area contributed by atoms with E-state index in [1.165, 1.54) is 19.1 Å². The van der Waals surface area contributed by atoms with Crippen LogP contribution < -0.4 is 15.6 Å². The Morgan fingerprint density at radius 1 is 1.26 bits per heavy atom. The zero-order chi connectivity index (χ0) is 14.4. The van der Waals surface area contributed by atoms with Gasteiger partial charge in [-0.1, -0.05) is 6.07 Å². The van der Waals surface area contributed by atoms with Crippen LogP contribution in [0, 0.1) is 6.92 Å². The molecule has 7 heteroatoms. The molecule has 102 valence electrons. The number of nitrogens with one attached hydrogen (secondary N) is 2. The van der Waals surface area contributed by atoms with E-state index in [-0.39, 0.29) is 12.2 Å². The van der Waals surface area contributed by atoms with Crippen molar-refractivity contribution in [3.63, 3.8) is 0 Å². The van der Waals surface area contributed by atoms with Gasteiger partial charge in [0, 0.05) is 12.5 Å². The maximum atomic E-state index is 11.3. The van der Waals surface area contributed by atoms with Gasteiger partial charge in [0.15, 0.2) is 6.61 Å². The molecule has 0 heterocycles. The maximum absolute atomic E-state index is 11.3. The fourth-order valence-corrected chi connectivity index (χ4v) is 1.34. The fraction of sp³-hybridized carbons (Fsp3) is 0.250. The van der Waals surface area contributed by atoms with E-state index >= 15 is 0 Å². The Kier molecular flexibility index (Phi) is 4.87. The van der Waals surface area contributed by atoms with Crippen molar-refractivity contribution in [3.05, 3.63) is 29.3 Å². The van der Waals surface area contributed by atoms with Gasteiger partial charge in [-0.2, -0.15) is 0 Å². The van der Waals surface area contributed by atoms with Crippen molar-refractivity contribution in [3.8, 4) is 5.75 Å². The summed E-state index contributed by atoms with van der Waals surface area (Å²) in [5.74, 6) is -1.71. The van der Waals surface area contributed by atoms with Crippen molar-refractivity contribution in [1.29, 1.82) is 0 Å². The van der Waals surface area contributed by atoms with Crippen LogP contribution in [0.4, 0.5) is 0 Å². The van der Waals surface area contributed by atoms with Crippen LogP contribution in [0.2, 0.25) is 0 Å². The van der Waals surface area contributed by atoms with Crippen LogP contribution in [0.1, 0.15) is 22.8 Å². The zero-order valence-electron chi connectivity index (χ0n) is 10.5. The van der Waals surface area contributed by atoms with Gasteiger partial charge in [0.1, 0.15) is 5.75 Å². The molecule has 0 unspecified atom stereocenters. The minimum Gasteiger partial charge on any atom is -0.483 e. The van der Waals surface area contributed by atoms with Crippen LogP contribution in [-0.4, -0.2) is 29.5 Å². The Labute approximate surface area is 109 Å². The SMILES string of the molecule is CC(=O)NNC(=O)COc1cccc(C(=O)O)c1C. The van der Waals surface area contributed by atoms with E-state index < -0.39 is 17.8 Å². The molecule has 0 saturated heterocycles. The van der Waals surface area contributed by atoms with E-state index in [4.69, 9.17) is 9.84 Å². The Balaban J connectivity index is 2.63. The van der Waals surface area contributed by atoms with Crippen molar-refractivity contribution in [2.75, 3.05) is 6.61 Å². The number of benzene rings is 1. The first-order chi connectivity index (χ1) is 8.91. The highest BCUT2D eigenvalue weighted by molar-refractivity contribution is 5.90. The quantitative estimate of drug-likeness (QED) is 0.677. The van der Waals surface area contributed by atoms with Crippen molar-refractivity contribution < 1.29 is 24.2 Å². The van der Waals surface area contributed by atoms with E-state index in [0.717, 1.165) is 0 Å². The minimum atomic E-state index is -1.06. The van der Waals surface area contributed by atoms with Gasteiger partial charge in [0.25, 0.3) is 5.91 Å². The monoisotopic (exact) mass is 266 g/mol. The summed E-state index contributed by atoms with van der Waals surface area (Å²) in [6.07, 6.45) is 0. The van der Waals surface area contributed by atoms with Crippen molar-refractivity contribution in [1.82, 2.24) is 10.9 Å². The van der Waals surface area contributed by atoms with E-state index in [1.54, 1.807) is 13.0 Å². The lowest BCUT2D eigenvalue weighted by atomic mass is 10.1. The molecule has 7 nitrogen and oxygen atoms in total. The largest absolute Gasteiger partial charge is 0.483 e. The minimum absolute atomic E-state index is 0.111. The highest BCUT2D eigenvalue weighted by Crippen LogP contribution is 2.21. The molecule has 0 aliphatic carbocycles. The van der Waals surface area contributed by atoms with Crippen LogP contribution in [0.25, 0.3) is 0 Å². The number of carboxylic acid groups (broad SMARTS) is 1. The van der Waals surface area contributed by atoms with Gasteiger partial charge in [-0.05, 0) is 19.1 Å². The van der Waals surface area contributed by atoms with Gasteiger partial charge in [-0.3, -0.25) is 20.4 Å². The standard InChI is InChI=1S/C12H14N2O5/c1-7-9(12(17)18)4-3-5-10(7)19-6-11(16)14-13-8(2)15/h3-5H,6H2,1-2H3,(H,13,15)(H,14,16)(H,17,18). The zero-order valence-corrected chi connectivity index (χ0v) is 10.5. The molecular formula is C12H14N2O5. The molecule has 0 radical (unpaired) electrons. The molecule has 3 N–H and O–H groups in total. The van der Waals surface area contributed by atoms with Crippen molar-refractivity contribution in [2.24, 2.45) is 0 Å². The van der Waals surface area contributed by atoms with Crippen molar-refractivity contribution >= 4 is 17.8 Å². The average molecular weight is 266 g/mol. The molecule has 0 aliphatic heterocycles. The molecule has 0 fully saturated rings. The summed E-state index contributed by atoms with van der Waals surface area (Å²) in [4.78, 5) is 32.8. The number of carbonyl (C=O) groups excluding carboxylic acids is 2. The highest BCUT2D eigenvalue weighted by Gasteiger charge is 2.12. The Bertz CT molecular complexity index is 513. The average Bonchev–Trinajstić information content (AvgIpc) is 2.34. The summed E-state index contributed by atoms with van der Waals surface area (Å²) in [7, 11) is 0. The highest BCUT2D eigenvalue weighted by atomic mass is 16.5. The van der Waals surface area contributed by atoms with E-state index in [9.17, 15) is 14.4 Å². The molecule has 19 heavy (non-hydrogen) atoms. The molecular weight excluding hydrogens is 252 g/mol. The smallest absolute Gasteiger partial charge is 0.336 e. The van der Waals surface area contributed by atoms with Crippen molar-refractivity contribution in [2.45, 2.75) is 13.8 Å². The Hall–Kier alpha value is -2.57. The van der Waals surface area contributed by atoms with E-state index in [1.807, 2.05) is 0 Å². The number of carbonyl (C=O) groups is 3. The third-order valence-electron chi connectivity index (χ3n) is 2.25. The summed E-state index contributed by atoms with van der Waals surface area (Å²) >= 11 is 0. The van der Waals surface area contributed by atoms with Gasteiger partial charge in [0.2, 0.25) is 5.91 Å². The fourth-order valence-electron chi connectivity index (χ4n) is 1.34. The predicted octanol–water partition coefficient (Wildman–Crippen LogP) is 0.239. The maximum Gasteiger partial charge on any atom is 0.336 e. The number of rotatable bonds is 4. The molecule has 0 spiro atoms. The van der Waals surface area contributed by atoms with Crippen LogP contribution in [-0.2, 0) is 9.59 Å². The van der Waals surface area contributed by atoms with Gasteiger partial charge >= 0.3 is 5.97 Å². The second kappa shape index (κ2) is 6.39. The number of hydrogen-bond donors (Lipinski definition) is 3. The van der Waals surface area contributed by atoms with Crippen LogP contribution in [0.3, 0.4) is 0 Å². The summed E-state index contributed by atoms with van der Waals surface area (Å²) in [5, 5.41) is 8.93. The predicted molar refractivity (Wildman–Crippen MR) is 65.6 cm³/mol. The summed E-state index contributed by atoms with van der Waals surface area (Å²) in [6, 6.07) is 4.53. The molecule has 1 aromatic rings. The van der Waals surface area contributed by atoms with Gasteiger partial charge < -0.3 is 9.84 Å². The normalized spacial score (nSPS) is 9.58. The number of aromatic carboxylic acids is 1. The number of ether oxygens (including phenoxy) is 1. The van der Waals surface area contributed by atoms with Crippen LogP contribution in [0.5, 0.6) is 5.75 Å². The Morgan fingerprint density at radius 3 is 2.53 bits per heavy atom. The first-order valence-electron chi connectivity index (χ1n) is 5.43. The molecule has 0 bridgehead atoms. The summed E-state index contributed by atoms with van der Waals surface area (Å²) in [6.45, 7) is 2.51. The van der Waals surface area contributed by atoms with Gasteiger partial charge in [-0.25, -0.2) is 4.79 Å². The summed E-state index contributed by atoms with van der Waals surface area (Å²) in [5.41, 5.74) is 4.79. The Morgan fingerprint density at radius 2 is 1.95 bits per heavy atom. The first-order valence-corrected chi connectivity index (χ1v) is 5.43. The number of hydrogen-bond acceptors (Lipinski definition) is 4. The van der Waals surface area contributed by atoms with Gasteiger partial charge in [-0.15, -0.1) is 0 Å². The van der Waals surface area contributed by atoms with E-state index in [2.05, 4.69) is 10.9 Å². The molecule has 2 amide bonds. The molecule has 1 rings (SSSR count). The van der Waals surface area contributed by atoms with Crippen LogP contribution in [0.15, 0.2) is 18.2 Å². The van der Waals surface area contributed by atoms with Crippen LogP contribution >= 0.6 is 0 Å². The first kappa shape index (κ1) is 14.5.